The van der Waals surface area contributed by atoms with E-state index < -0.39 is 18.2 Å². The zero-order valence-corrected chi connectivity index (χ0v) is 61.4. The quantitative estimate of drug-likeness (QED) is 0.141. The number of aromatic nitrogens is 1. The fourth-order valence-corrected chi connectivity index (χ4v) is 14.1. The summed E-state index contributed by atoms with van der Waals surface area (Å²) in [6.07, 6.45) is 0. The second kappa shape index (κ2) is 23.9. The molecule has 490 valence electrons. The zero-order valence-electron chi connectivity index (χ0n) is 66.4. The van der Waals surface area contributed by atoms with Crippen LogP contribution >= 0.6 is 0 Å². The van der Waals surface area contributed by atoms with E-state index in [0.29, 0.717) is 5.56 Å². The first-order valence-corrected chi connectivity index (χ1v) is 35.0. The number of hydrogen-bond donors (Lipinski definition) is 0. The minimum absolute atomic E-state index is 0.140. The number of benzene rings is 10. The van der Waals surface area contributed by atoms with Gasteiger partial charge in [-0.25, -0.2) is 0 Å². The monoisotopic (exact) mass is 1270 g/mol. The van der Waals surface area contributed by atoms with Crippen molar-refractivity contribution in [2.45, 2.75) is 183 Å². The van der Waals surface area contributed by atoms with Gasteiger partial charge in [-0.15, -0.1) is 0 Å². The summed E-state index contributed by atoms with van der Waals surface area (Å²) in [6, 6.07) is 71.3. The number of pyridine rings is 1. The molecule has 0 unspecified atom stereocenters. The van der Waals surface area contributed by atoms with Crippen molar-refractivity contribution >= 4 is 57.2 Å². The van der Waals surface area contributed by atoms with Crippen molar-refractivity contribution in [3.05, 3.63) is 264 Å². The van der Waals surface area contributed by atoms with Crippen molar-refractivity contribution in [3.63, 3.8) is 0 Å². The first-order chi connectivity index (χ1) is 47.6. The maximum absolute atomic E-state index is 9.67. The summed E-state index contributed by atoms with van der Waals surface area (Å²) in [5.41, 5.74) is 26.8. The molecule has 0 bridgehead atoms. The average molecular weight is 1280 g/mol. The molecule has 2 aliphatic rings. The first kappa shape index (κ1) is 60.4. The van der Waals surface area contributed by atoms with E-state index in [1.807, 2.05) is 6.07 Å². The second-order valence-electron chi connectivity index (χ2n) is 34.7. The molecule has 0 radical (unpaired) electrons. The first-order valence-electron chi connectivity index (χ1n) is 37.5. The van der Waals surface area contributed by atoms with E-state index in [2.05, 4.69) is 343 Å². The average Bonchev–Trinajstić information content (AvgIpc) is 0.685. The van der Waals surface area contributed by atoms with E-state index in [1.54, 1.807) is 0 Å². The largest absolute Gasteiger partial charge is 0.310 e. The summed E-state index contributed by atoms with van der Waals surface area (Å²) in [5.74, 6) is 0. The van der Waals surface area contributed by atoms with Crippen LogP contribution in [0.1, 0.15) is 191 Å². The van der Waals surface area contributed by atoms with E-state index in [9.17, 15) is 2.74 Å². The van der Waals surface area contributed by atoms with Gasteiger partial charge in [-0.1, -0.05) is 309 Å². The summed E-state index contributed by atoms with van der Waals surface area (Å²) < 4.78 is 46.5. The molecule has 0 saturated heterocycles. The number of rotatable bonds is 8. The topological polar surface area (TPSA) is 19.4 Å². The fourth-order valence-electron chi connectivity index (χ4n) is 14.1. The van der Waals surface area contributed by atoms with Gasteiger partial charge in [0.05, 0.1) is 18.2 Å². The Morgan fingerprint density at radius 1 is 0.278 bits per heavy atom. The van der Waals surface area contributed by atoms with Gasteiger partial charge >= 0.3 is 0 Å². The Kier molecular flexibility index (Phi) is 14.9. The van der Waals surface area contributed by atoms with Gasteiger partial charge in [-0.05, 0) is 176 Å². The lowest BCUT2D eigenvalue weighted by molar-refractivity contribution is 0.531. The van der Waals surface area contributed by atoms with Crippen molar-refractivity contribution < 1.29 is 6.85 Å². The van der Waals surface area contributed by atoms with Crippen LogP contribution in [-0.2, 0) is 37.9 Å². The molecule has 0 spiro atoms. The minimum Gasteiger partial charge on any atom is -0.310 e. The number of fused-ring (bicyclic) bond motifs is 4. The number of nitrogens with zero attached hydrogens (tertiary/aromatic N) is 3. The Morgan fingerprint density at radius 2 is 0.608 bits per heavy atom. The van der Waals surface area contributed by atoms with E-state index in [0.717, 1.165) is 123 Å². The summed E-state index contributed by atoms with van der Waals surface area (Å²) in [4.78, 5) is 10.7. The van der Waals surface area contributed by atoms with Crippen molar-refractivity contribution in [1.82, 2.24) is 4.98 Å². The van der Waals surface area contributed by atoms with Gasteiger partial charge in [0.1, 0.15) is 0 Å². The molecular formula is C93H100BN3. The normalized spacial score (nSPS) is 14.3. The predicted octanol–water partition coefficient (Wildman–Crippen LogP) is 24.2. The third-order valence-corrected chi connectivity index (χ3v) is 20.1. The third-order valence-electron chi connectivity index (χ3n) is 20.1. The molecule has 0 aliphatic carbocycles. The molecule has 13 rings (SSSR count). The molecule has 2 aliphatic heterocycles. The van der Waals surface area contributed by atoms with Crippen LogP contribution in [0.4, 0.5) is 34.1 Å². The van der Waals surface area contributed by atoms with Gasteiger partial charge in [0.15, 0.2) is 0 Å². The molecular weight excluding hydrogens is 1170 g/mol. The highest BCUT2D eigenvalue weighted by molar-refractivity contribution is 7.00. The van der Waals surface area contributed by atoms with Gasteiger partial charge < -0.3 is 9.80 Å². The van der Waals surface area contributed by atoms with Crippen molar-refractivity contribution in [2.24, 2.45) is 0 Å². The van der Waals surface area contributed by atoms with E-state index in [-0.39, 0.29) is 62.2 Å². The molecule has 0 saturated carbocycles. The van der Waals surface area contributed by atoms with Gasteiger partial charge in [0.25, 0.3) is 6.71 Å². The maximum atomic E-state index is 9.67. The van der Waals surface area contributed by atoms with Crippen LogP contribution in [0.5, 0.6) is 0 Å². The number of anilines is 6. The van der Waals surface area contributed by atoms with Crippen LogP contribution in [0.15, 0.2) is 224 Å². The molecule has 10 aromatic carbocycles. The lowest BCUT2D eigenvalue weighted by Gasteiger charge is -2.47. The predicted molar refractivity (Wildman–Crippen MR) is 422 cm³/mol. The molecule has 0 atom stereocenters. The Morgan fingerprint density at radius 3 is 0.959 bits per heavy atom. The summed E-state index contributed by atoms with van der Waals surface area (Å²) in [5, 5.41) is 0. The molecule has 3 heterocycles. The maximum Gasteiger partial charge on any atom is 0.252 e. The zero-order chi connectivity index (χ0) is 73.6. The standard InChI is InChI=1S/C93H100BN3/c1-87(2,3)67-46-65(47-68(52-67)88(4,5)6)64-43-45-77-79(49-64)96(85-72(60-36-28-23-29-37-60)53-69(89(7,8)9)54-73(85)61-38-30-24-31-39-61)80-57-71(91(13,14)15)58-81-84(80)94(77)76-44-42-63(59-34-26-22-27-35-59)48-78(76)97(81)86-74(62-40-32-25-33-41-62)55-70(90(10,11)12)56-75(86)66-50-82(92(16,17)18)95-83(51-66)93(19,20)21/h22-58H,1-21H3/i22D,26D,27D,34D,35D. The van der Waals surface area contributed by atoms with Gasteiger partial charge in [-0.3, -0.25) is 4.98 Å². The van der Waals surface area contributed by atoms with Gasteiger partial charge in [0, 0.05) is 67.2 Å². The Labute approximate surface area is 589 Å². The number of hydrogen-bond acceptors (Lipinski definition) is 3. The second-order valence-corrected chi connectivity index (χ2v) is 34.7. The highest BCUT2D eigenvalue weighted by Crippen LogP contribution is 2.56. The molecule has 97 heavy (non-hydrogen) atoms. The Hall–Kier alpha value is -8.99. The minimum atomic E-state index is -0.428. The summed E-state index contributed by atoms with van der Waals surface area (Å²) in [7, 11) is 0. The Balaban J connectivity index is 1.28. The van der Waals surface area contributed by atoms with Crippen LogP contribution in [-0.4, -0.2) is 11.7 Å². The molecule has 1 aromatic heterocycles. The highest BCUT2D eigenvalue weighted by Gasteiger charge is 2.47. The van der Waals surface area contributed by atoms with Crippen molar-refractivity contribution in [1.29, 1.82) is 0 Å². The SMILES string of the molecule is [2H]c1c([2H])c([2H])c(-c2ccc3c(c2)N(c2c(-c4ccccc4)cc(C(C)(C)C)cc2-c2cc(C(C)(C)C)nc(C(C)(C)C)c2)c2cc(C(C)(C)C)cc4c2B3c2ccc(-c3cc(C(C)(C)C)cc(C(C)(C)C)c3)cc2N4c2c(-c3ccccc3)cc(C(C)(C)C)cc2-c2ccccc2)c([2H])c1[2H]. The molecule has 11 aromatic rings. The third kappa shape index (κ3) is 12.6. The molecule has 4 heteroatoms. The van der Waals surface area contributed by atoms with Gasteiger partial charge in [-0.2, -0.15) is 0 Å². The van der Waals surface area contributed by atoms with Crippen LogP contribution in [0, 0.1) is 0 Å². The highest BCUT2D eigenvalue weighted by atomic mass is 15.2. The molecule has 0 fully saturated rings. The molecule has 3 nitrogen and oxygen atoms in total. The lowest BCUT2D eigenvalue weighted by atomic mass is 9.33. The van der Waals surface area contributed by atoms with Crippen molar-refractivity contribution in [2.75, 3.05) is 9.80 Å². The molecule has 0 amide bonds. The van der Waals surface area contributed by atoms with Crippen LogP contribution < -0.4 is 26.2 Å². The Bertz CT molecular complexity index is 4990. The van der Waals surface area contributed by atoms with Crippen LogP contribution in [0.25, 0.3) is 66.8 Å². The van der Waals surface area contributed by atoms with E-state index >= 15 is 0 Å². The van der Waals surface area contributed by atoms with Crippen LogP contribution in [0.3, 0.4) is 0 Å². The smallest absolute Gasteiger partial charge is 0.252 e. The van der Waals surface area contributed by atoms with Crippen molar-refractivity contribution in [3.8, 4) is 66.8 Å². The van der Waals surface area contributed by atoms with E-state index in [4.69, 9.17) is 9.10 Å². The van der Waals surface area contributed by atoms with Crippen LogP contribution in [0.2, 0.25) is 0 Å². The fraction of sp³-hybridized carbons (Fsp3) is 0.301. The summed E-state index contributed by atoms with van der Waals surface area (Å²) in [6.45, 7) is 47.8. The lowest BCUT2D eigenvalue weighted by Crippen LogP contribution is -2.61. The van der Waals surface area contributed by atoms with E-state index in [1.165, 1.54) is 22.3 Å². The molecule has 0 N–H and O–H groups in total. The summed E-state index contributed by atoms with van der Waals surface area (Å²) >= 11 is 0. The van der Waals surface area contributed by atoms with Gasteiger partial charge in [0.2, 0.25) is 0 Å².